The van der Waals surface area contributed by atoms with Gasteiger partial charge in [0.1, 0.15) is 0 Å². The molecule has 2 aromatic carbocycles. The lowest BCUT2D eigenvalue weighted by Gasteiger charge is -2.17. The van der Waals surface area contributed by atoms with Crippen LogP contribution in [0.25, 0.3) is 26.4 Å². The highest BCUT2D eigenvalue weighted by Gasteiger charge is 2.13. The lowest BCUT2D eigenvalue weighted by atomic mass is 10.1. The van der Waals surface area contributed by atoms with Crippen molar-refractivity contribution in [3.63, 3.8) is 0 Å². The second kappa shape index (κ2) is 12.4. The first-order chi connectivity index (χ1) is 17.1. The molecule has 4 aromatic rings. The Balaban J connectivity index is 1.40. The summed E-state index contributed by atoms with van der Waals surface area (Å²) < 4.78 is 3.26. The van der Waals surface area contributed by atoms with Crippen molar-refractivity contribution in [1.29, 1.82) is 0 Å². The number of ketones is 1. The van der Waals surface area contributed by atoms with E-state index in [-0.39, 0.29) is 5.78 Å². The number of Topliss-reactive ketones (excluding diaryl/α,β-unsaturated/α-hetero) is 1. The molecule has 35 heavy (non-hydrogen) atoms. The zero-order chi connectivity index (χ0) is 24.6. The molecule has 0 aliphatic rings. The molecule has 0 aliphatic heterocycles. The molecule has 0 bridgehead atoms. The van der Waals surface area contributed by atoms with Crippen molar-refractivity contribution in [2.24, 2.45) is 0 Å². The van der Waals surface area contributed by atoms with Gasteiger partial charge in [0, 0.05) is 30.3 Å². The number of nitrogens with zero attached hydrogens (tertiary/aromatic N) is 3. The van der Waals surface area contributed by atoms with E-state index in [2.05, 4.69) is 71.9 Å². The molecule has 186 valence electrons. The molecule has 0 fully saturated rings. The van der Waals surface area contributed by atoms with Crippen LogP contribution in [0.1, 0.15) is 68.8 Å². The Morgan fingerprint density at radius 1 is 1.03 bits per heavy atom. The number of carbonyl (C=O) groups excluding carboxylic acids is 1. The van der Waals surface area contributed by atoms with E-state index in [0.29, 0.717) is 6.42 Å². The second-order valence-corrected chi connectivity index (χ2v) is 10.2. The number of imidazole rings is 1. The number of benzene rings is 2. The van der Waals surface area contributed by atoms with Crippen LogP contribution in [0.15, 0.2) is 48.7 Å². The van der Waals surface area contributed by atoms with Crippen molar-refractivity contribution in [2.75, 3.05) is 26.2 Å². The summed E-state index contributed by atoms with van der Waals surface area (Å²) in [6, 6.07) is 14.8. The standard InChI is InChI=1S/C29H38N4OS/c1-4-7-17-30-20-22-11-13-23(14-12-22)25-21-33-26-16-15-24(19-28(26)35-29(33)31-25)27(34)10-8-9-18-32(5-2)6-3/h11-16,19,21,30H,4-10,17-18,20H2,1-3H3. The van der Waals surface area contributed by atoms with Crippen molar-refractivity contribution in [2.45, 2.75) is 59.4 Å². The maximum absolute atomic E-state index is 12.8. The molecule has 6 heteroatoms. The summed E-state index contributed by atoms with van der Waals surface area (Å²) in [5, 5.41) is 3.49. The van der Waals surface area contributed by atoms with E-state index < -0.39 is 0 Å². The summed E-state index contributed by atoms with van der Waals surface area (Å²) in [5.41, 5.74) is 5.33. The Morgan fingerprint density at radius 2 is 1.83 bits per heavy atom. The molecule has 0 spiro atoms. The minimum absolute atomic E-state index is 0.238. The maximum atomic E-state index is 12.8. The number of hydrogen-bond acceptors (Lipinski definition) is 5. The van der Waals surface area contributed by atoms with Crippen LogP contribution >= 0.6 is 11.3 Å². The summed E-state index contributed by atoms with van der Waals surface area (Å²) in [6.07, 6.45) is 7.16. The van der Waals surface area contributed by atoms with Crippen molar-refractivity contribution >= 4 is 32.3 Å². The molecule has 1 N–H and O–H groups in total. The fourth-order valence-electron chi connectivity index (χ4n) is 4.45. The largest absolute Gasteiger partial charge is 0.313 e. The van der Waals surface area contributed by atoms with E-state index in [1.165, 1.54) is 18.4 Å². The number of aromatic nitrogens is 2. The van der Waals surface area contributed by atoms with Gasteiger partial charge in [-0.2, -0.15) is 0 Å². The van der Waals surface area contributed by atoms with Crippen LogP contribution in [0.4, 0.5) is 0 Å². The molecule has 0 amide bonds. The summed E-state index contributed by atoms with van der Waals surface area (Å²) in [7, 11) is 0. The van der Waals surface area contributed by atoms with Crippen molar-refractivity contribution in [3.05, 3.63) is 59.8 Å². The van der Waals surface area contributed by atoms with E-state index in [4.69, 9.17) is 4.98 Å². The minimum Gasteiger partial charge on any atom is -0.313 e. The summed E-state index contributed by atoms with van der Waals surface area (Å²) >= 11 is 1.65. The van der Waals surface area contributed by atoms with Crippen LogP contribution in [0, 0.1) is 0 Å². The number of nitrogens with one attached hydrogen (secondary N) is 1. The topological polar surface area (TPSA) is 49.6 Å². The summed E-state index contributed by atoms with van der Waals surface area (Å²) in [4.78, 5) is 21.0. The Labute approximate surface area is 213 Å². The molecule has 0 saturated carbocycles. The van der Waals surface area contributed by atoms with Crippen LogP contribution in [0.3, 0.4) is 0 Å². The number of hydrogen-bond donors (Lipinski definition) is 1. The van der Waals surface area contributed by atoms with Crippen molar-refractivity contribution in [3.8, 4) is 11.3 Å². The highest BCUT2D eigenvalue weighted by molar-refractivity contribution is 7.23. The number of thiazole rings is 1. The Kier molecular flexibility index (Phi) is 9.07. The monoisotopic (exact) mass is 490 g/mol. The van der Waals surface area contributed by atoms with E-state index in [1.54, 1.807) is 11.3 Å². The summed E-state index contributed by atoms with van der Waals surface area (Å²) in [5.74, 6) is 0.238. The van der Waals surface area contributed by atoms with Gasteiger partial charge in [-0.15, -0.1) is 0 Å². The molecule has 0 saturated heterocycles. The van der Waals surface area contributed by atoms with Crippen LogP contribution in [0.2, 0.25) is 0 Å². The third kappa shape index (κ3) is 6.37. The average molecular weight is 491 g/mol. The Hall–Kier alpha value is -2.54. The molecule has 0 aliphatic carbocycles. The van der Waals surface area contributed by atoms with Crippen LogP contribution in [0.5, 0.6) is 0 Å². The molecule has 2 aromatic heterocycles. The summed E-state index contributed by atoms with van der Waals surface area (Å²) in [6.45, 7) is 11.8. The van der Waals surface area contributed by atoms with Gasteiger partial charge in [-0.25, -0.2) is 4.98 Å². The molecule has 4 rings (SSSR count). The third-order valence-corrected chi connectivity index (χ3v) is 7.74. The fraction of sp³-hybridized carbons (Fsp3) is 0.448. The zero-order valence-electron chi connectivity index (χ0n) is 21.3. The molecule has 0 radical (unpaired) electrons. The fourth-order valence-corrected chi connectivity index (χ4v) is 5.49. The van der Waals surface area contributed by atoms with Gasteiger partial charge in [-0.05, 0) is 69.2 Å². The van der Waals surface area contributed by atoms with E-state index in [9.17, 15) is 4.79 Å². The van der Waals surface area contributed by atoms with Gasteiger partial charge < -0.3 is 10.2 Å². The molecule has 0 unspecified atom stereocenters. The lowest BCUT2D eigenvalue weighted by Crippen LogP contribution is -2.24. The van der Waals surface area contributed by atoms with Gasteiger partial charge >= 0.3 is 0 Å². The zero-order valence-corrected chi connectivity index (χ0v) is 22.2. The molecule has 0 atom stereocenters. The van der Waals surface area contributed by atoms with Gasteiger partial charge in [0.25, 0.3) is 0 Å². The van der Waals surface area contributed by atoms with E-state index in [0.717, 1.165) is 77.6 Å². The molecule has 2 heterocycles. The van der Waals surface area contributed by atoms with Gasteiger partial charge in [-0.3, -0.25) is 9.20 Å². The molecular formula is C29H38N4OS. The van der Waals surface area contributed by atoms with Gasteiger partial charge in [0.15, 0.2) is 10.7 Å². The van der Waals surface area contributed by atoms with Crippen molar-refractivity contribution in [1.82, 2.24) is 19.6 Å². The third-order valence-electron chi connectivity index (χ3n) is 6.72. The predicted molar refractivity (Wildman–Crippen MR) is 149 cm³/mol. The average Bonchev–Trinajstić information content (AvgIpc) is 3.45. The van der Waals surface area contributed by atoms with E-state index in [1.807, 2.05) is 12.1 Å². The first-order valence-electron chi connectivity index (χ1n) is 13.1. The van der Waals surface area contributed by atoms with Crippen LogP contribution < -0.4 is 5.32 Å². The molecular weight excluding hydrogens is 452 g/mol. The predicted octanol–water partition coefficient (Wildman–Crippen LogP) is 6.80. The highest BCUT2D eigenvalue weighted by atomic mass is 32.1. The first-order valence-corrected chi connectivity index (χ1v) is 13.9. The van der Waals surface area contributed by atoms with Crippen LogP contribution in [-0.2, 0) is 6.54 Å². The number of rotatable bonds is 14. The van der Waals surface area contributed by atoms with E-state index >= 15 is 0 Å². The Morgan fingerprint density at radius 3 is 2.57 bits per heavy atom. The normalized spacial score (nSPS) is 11.8. The minimum atomic E-state index is 0.238. The van der Waals surface area contributed by atoms with Crippen molar-refractivity contribution < 1.29 is 4.79 Å². The highest BCUT2D eigenvalue weighted by Crippen LogP contribution is 2.30. The maximum Gasteiger partial charge on any atom is 0.195 e. The number of carbonyl (C=O) groups is 1. The number of unbranched alkanes of at least 4 members (excludes halogenated alkanes) is 2. The smallest absolute Gasteiger partial charge is 0.195 e. The number of fused-ring (bicyclic) bond motifs is 3. The van der Waals surface area contributed by atoms with Crippen LogP contribution in [-0.4, -0.2) is 46.2 Å². The second-order valence-electron chi connectivity index (χ2n) is 9.20. The molecule has 5 nitrogen and oxygen atoms in total. The van der Waals surface area contributed by atoms with Gasteiger partial charge in [0.05, 0.1) is 15.9 Å². The Bertz CT molecular complexity index is 1240. The van der Waals surface area contributed by atoms with Gasteiger partial charge in [0.2, 0.25) is 0 Å². The quantitative estimate of drug-likeness (QED) is 0.156. The van der Waals surface area contributed by atoms with Gasteiger partial charge in [-0.1, -0.05) is 62.8 Å². The SMILES string of the molecule is CCCCNCc1ccc(-c2cn3c(n2)sc2cc(C(=O)CCCCN(CC)CC)ccc23)cc1. The first kappa shape index (κ1) is 25.5. The lowest BCUT2D eigenvalue weighted by molar-refractivity contribution is 0.0978.